The van der Waals surface area contributed by atoms with Crippen LogP contribution in [0.15, 0.2) is 58.4 Å². The molecule has 1 aliphatic rings. The monoisotopic (exact) mass is 415 g/mol. The molecule has 1 aliphatic heterocycles. The lowest BCUT2D eigenvalue weighted by atomic mass is 10.2. The number of amidine groups is 1. The number of carboxylic acids is 1. The van der Waals surface area contributed by atoms with Crippen molar-refractivity contribution in [1.82, 2.24) is 4.90 Å². The first kappa shape index (κ1) is 20.0. The van der Waals surface area contributed by atoms with Gasteiger partial charge >= 0.3 is 0 Å². The van der Waals surface area contributed by atoms with Crippen LogP contribution < -0.4 is 9.84 Å². The number of nitrogens with zero attached hydrogens (tertiary/aromatic N) is 2. The SMILES string of the molecule is CCN1C(=O)/C(=C\c2ccc(OCC(=O)[O-])cc2)SC1=Nc1ccc(Cl)cc1. The Morgan fingerprint density at radius 1 is 1.21 bits per heavy atom. The summed E-state index contributed by atoms with van der Waals surface area (Å²) in [7, 11) is 0. The second kappa shape index (κ2) is 8.95. The average molecular weight is 416 g/mol. The number of hydrogen-bond donors (Lipinski definition) is 0. The number of ether oxygens (including phenoxy) is 1. The highest BCUT2D eigenvalue weighted by Crippen LogP contribution is 2.34. The van der Waals surface area contributed by atoms with Gasteiger partial charge in [-0.25, -0.2) is 4.99 Å². The summed E-state index contributed by atoms with van der Waals surface area (Å²) >= 11 is 7.20. The lowest BCUT2D eigenvalue weighted by Crippen LogP contribution is -2.28. The third-order valence-corrected chi connectivity index (χ3v) is 5.05. The molecule has 0 radical (unpaired) electrons. The van der Waals surface area contributed by atoms with Crippen molar-refractivity contribution in [2.75, 3.05) is 13.2 Å². The Balaban J connectivity index is 1.79. The number of carboxylic acid groups (broad SMARTS) is 1. The Labute approximate surface area is 171 Å². The third kappa shape index (κ3) is 4.94. The number of halogens is 1. The zero-order chi connectivity index (χ0) is 20.1. The van der Waals surface area contributed by atoms with E-state index >= 15 is 0 Å². The minimum Gasteiger partial charge on any atom is -0.546 e. The largest absolute Gasteiger partial charge is 0.546 e. The number of carbonyl (C=O) groups is 2. The minimum absolute atomic E-state index is 0.113. The van der Waals surface area contributed by atoms with Crippen molar-refractivity contribution in [2.45, 2.75) is 6.92 Å². The van der Waals surface area contributed by atoms with Crippen molar-refractivity contribution < 1.29 is 19.4 Å². The Kier molecular flexibility index (Phi) is 6.38. The zero-order valence-corrected chi connectivity index (χ0v) is 16.5. The fourth-order valence-corrected chi connectivity index (χ4v) is 3.64. The molecular weight excluding hydrogens is 400 g/mol. The van der Waals surface area contributed by atoms with Gasteiger partial charge in [0.25, 0.3) is 5.91 Å². The number of thioether (sulfide) groups is 1. The Morgan fingerprint density at radius 2 is 1.89 bits per heavy atom. The minimum atomic E-state index is -1.29. The summed E-state index contributed by atoms with van der Waals surface area (Å²) in [4.78, 5) is 29.8. The van der Waals surface area contributed by atoms with Crippen LogP contribution in [0.25, 0.3) is 6.08 Å². The van der Waals surface area contributed by atoms with Crippen molar-refractivity contribution in [2.24, 2.45) is 4.99 Å². The van der Waals surface area contributed by atoms with Gasteiger partial charge in [0.05, 0.1) is 16.6 Å². The molecule has 0 atom stereocenters. The summed E-state index contributed by atoms with van der Waals surface area (Å²) in [6.07, 6.45) is 1.77. The highest BCUT2D eigenvalue weighted by molar-refractivity contribution is 8.18. The predicted octanol–water partition coefficient (Wildman–Crippen LogP) is 3.09. The second-order valence-corrected chi connectivity index (χ2v) is 7.21. The van der Waals surface area contributed by atoms with Gasteiger partial charge in [0.1, 0.15) is 12.4 Å². The lowest BCUT2D eigenvalue weighted by Gasteiger charge is -2.11. The number of likely N-dealkylation sites (N-methyl/N-ethyl adjacent to an activating group) is 1. The highest BCUT2D eigenvalue weighted by atomic mass is 35.5. The Morgan fingerprint density at radius 3 is 2.50 bits per heavy atom. The quantitative estimate of drug-likeness (QED) is 0.677. The molecule has 0 N–H and O–H groups in total. The molecule has 144 valence electrons. The molecule has 0 spiro atoms. The van der Waals surface area contributed by atoms with Crippen molar-refractivity contribution in [3.8, 4) is 5.75 Å². The first-order valence-corrected chi connectivity index (χ1v) is 9.64. The lowest BCUT2D eigenvalue weighted by molar-refractivity contribution is -0.307. The second-order valence-electron chi connectivity index (χ2n) is 5.76. The number of hydrogen-bond acceptors (Lipinski definition) is 6. The summed E-state index contributed by atoms with van der Waals surface area (Å²) in [6.45, 7) is 1.89. The van der Waals surface area contributed by atoms with Gasteiger partial charge < -0.3 is 14.6 Å². The smallest absolute Gasteiger partial charge is 0.266 e. The predicted molar refractivity (Wildman–Crippen MR) is 108 cm³/mol. The summed E-state index contributed by atoms with van der Waals surface area (Å²) in [5.74, 6) is -0.985. The summed E-state index contributed by atoms with van der Waals surface area (Å²) in [5.41, 5.74) is 1.51. The fourth-order valence-electron chi connectivity index (χ4n) is 2.45. The first-order chi connectivity index (χ1) is 13.5. The summed E-state index contributed by atoms with van der Waals surface area (Å²) in [6, 6.07) is 13.9. The van der Waals surface area contributed by atoms with Crippen LogP contribution in [0.5, 0.6) is 5.75 Å². The summed E-state index contributed by atoms with van der Waals surface area (Å²) < 4.78 is 5.05. The molecule has 8 heteroatoms. The zero-order valence-electron chi connectivity index (χ0n) is 14.9. The number of aliphatic carboxylic acids is 1. The molecule has 0 saturated carbocycles. The van der Waals surface area contributed by atoms with Crippen LogP contribution in [0.4, 0.5) is 5.69 Å². The van der Waals surface area contributed by atoms with E-state index in [0.717, 1.165) is 5.56 Å². The number of rotatable bonds is 6. The van der Waals surface area contributed by atoms with Gasteiger partial charge in [-0.1, -0.05) is 23.7 Å². The number of aliphatic imine (C=N–C) groups is 1. The standard InChI is InChI=1S/C20H17ClN2O4S/c1-2-23-19(26)17(28-20(23)22-15-7-5-14(21)6-8-15)11-13-3-9-16(10-4-13)27-12-18(24)25/h3-11H,2,12H2,1H3,(H,24,25)/p-1/b17-11+,22-20?. The molecule has 1 heterocycles. The van der Waals surface area contributed by atoms with Crippen molar-refractivity contribution in [3.05, 3.63) is 64.0 Å². The first-order valence-electron chi connectivity index (χ1n) is 8.44. The van der Waals surface area contributed by atoms with E-state index in [1.807, 2.05) is 6.92 Å². The molecule has 0 bridgehead atoms. The van der Waals surface area contributed by atoms with Gasteiger partial charge in [0, 0.05) is 11.6 Å². The van der Waals surface area contributed by atoms with E-state index in [1.54, 1.807) is 59.5 Å². The van der Waals surface area contributed by atoms with Crippen LogP contribution in [-0.4, -0.2) is 35.1 Å². The van der Waals surface area contributed by atoms with Crippen LogP contribution in [0.1, 0.15) is 12.5 Å². The third-order valence-electron chi connectivity index (χ3n) is 3.79. The summed E-state index contributed by atoms with van der Waals surface area (Å²) in [5, 5.41) is 11.7. The molecule has 6 nitrogen and oxygen atoms in total. The van der Waals surface area contributed by atoms with Crippen LogP contribution >= 0.6 is 23.4 Å². The van der Waals surface area contributed by atoms with E-state index in [-0.39, 0.29) is 5.91 Å². The molecule has 3 rings (SSSR count). The average Bonchev–Trinajstić information content (AvgIpc) is 2.97. The van der Waals surface area contributed by atoms with E-state index in [0.29, 0.717) is 33.1 Å². The molecule has 1 fully saturated rings. The van der Waals surface area contributed by atoms with E-state index in [2.05, 4.69) is 4.99 Å². The Bertz CT molecular complexity index is 940. The molecule has 2 aromatic rings. The van der Waals surface area contributed by atoms with Crippen LogP contribution in [-0.2, 0) is 9.59 Å². The van der Waals surface area contributed by atoms with Crippen LogP contribution in [0, 0.1) is 0 Å². The highest BCUT2D eigenvalue weighted by Gasteiger charge is 2.32. The maximum absolute atomic E-state index is 12.7. The van der Waals surface area contributed by atoms with Gasteiger partial charge in [-0.05, 0) is 66.7 Å². The molecule has 0 aliphatic carbocycles. The number of amides is 1. The van der Waals surface area contributed by atoms with Crippen molar-refractivity contribution in [1.29, 1.82) is 0 Å². The molecule has 28 heavy (non-hydrogen) atoms. The normalized spacial score (nSPS) is 16.8. The molecule has 1 amide bonds. The van der Waals surface area contributed by atoms with Crippen LogP contribution in [0.2, 0.25) is 5.02 Å². The number of carbonyl (C=O) groups excluding carboxylic acids is 2. The maximum Gasteiger partial charge on any atom is 0.266 e. The maximum atomic E-state index is 12.7. The van der Waals surface area contributed by atoms with E-state index in [9.17, 15) is 14.7 Å². The van der Waals surface area contributed by atoms with E-state index in [1.165, 1.54) is 11.8 Å². The Hall–Kier alpha value is -2.77. The van der Waals surface area contributed by atoms with Gasteiger partial charge in [-0.2, -0.15) is 0 Å². The molecule has 0 aromatic heterocycles. The topological polar surface area (TPSA) is 82.0 Å². The fraction of sp³-hybridized carbons (Fsp3) is 0.150. The van der Waals surface area contributed by atoms with Crippen molar-refractivity contribution >= 4 is 52.2 Å². The molecular formula is C20H16ClN2O4S-. The van der Waals surface area contributed by atoms with E-state index < -0.39 is 12.6 Å². The molecule has 0 unspecified atom stereocenters. The molecule has 2 aromatic carbocycles. The van der Waals surface area contributed by atoms with Gasteiger partial charge in [0.2, 0.25) is 0 Å². The molecule has 1 saturated heterocycles. The van der Waals surface area contributed by atoms with Gasteiger partial charge in [-0.3, -0.25) is 9.69 Å². The van der Waals surface area contributed by atoms with Crippen molar-refractivity contribution in [3.63, 3.8) is 0 Å². The number of benzene rings is 2. The van der Waals surface area contributed by atoms with Gasteiger partial charge in [-0.15, -0.1) is 0 Å². The van der Waals surface area contributed by atoms with Gasteiger partial charge in [0.15, 0.2) is 5.17 Å². The van der Waals surface area contributed by atoms with Crippen LogP contribution in [0.3, 0.4) is 0 Å². The van der Waals surface area contributed by atoms with E-state index in [4.69, 9.17) is 16.3 Å².